The number of benzene rings is 1. The van der Waals surface area contributed by atoms with Crippen molar-refractivity contribution < 1.29 is 23.5 Å². The Hall–Kier alpha value is -1.73. The third-order valence-corrected chi connectivity index (χ3v) is 2.76. The molecule has 7 heteroatoms. The van der Waals surface area contributed by atoms with E-state index in [2.05, 4.69) is 0 Å². The molecule has 0 atom stereocenters. The fourth-order valence-electron chi connectivity index (χ4n) is 1.80. The summed E-state index contributed by atoms with van der Waals surface area (Å²) in [4.78, 5) is 10.1. The van der Waals surface area contributed by atoms with E-state index in [-0.39, 0.29) is 18.0 Å². The molecule has 0 unspecified atom stereocenters. The first kappa shape index (κ1) is 17.3. The number of nitro benzene ring substituents is 1. The van der Waals surface area contributed by atoms with Crippen LogP contribution in [0.5, 0.6) is 5.75 Å². The summed E-state index contributed by atoms with van der Waals surface area (Å²) in [5, 5.41) is 10.7. The van der Waals surface area contributed by atoms with Gasteiger partial charge in [-0.2, -0.15) is 0 Å². The van der Waals surface area contributed by atoms with E-state index in [0.29, 0.717) is 25.2 Å². The summed E-state index contributed by atoms with van der Waals surface area (Å²) in [5.41, 5.74) is 0.0870. The summed E-state index contributed by atoms with van der Waals surface area (Å²) < 4.78 is 29.7. The van der Waals surface area contributed by atoms with Gasteiger partial charge >= 0.3 is 0 Å². The van der Waals surface area contributed by atoms with Crippen molar-refractivity contribution in [2.75, 3.05) is 19.8 Å². The summed E-state index contributed by atoms with van der Waals surface area (Å²) in [6, 6.07) is 2.19. The van der Waals surface area contributed by atoms with Crippen LogP contribution in [0.25, 0.3) is 0 Å². The van der Waals surface area contributed by atoms with Crippen molar-refractivity contribution in [3.63, 3.8) is 0 Å². The van der Waals surface area contributed by atoms with Crippen molar-refractivity contribution >= 4 is 5.69 Å². The molecule has 0 saturated carbocycles. The van der Waals surface area contributed by atoms with Crippen LogP contribution in [-0.4, -0.2) is 31.0 Å². The Morgan fingerprint density at radius 2 is 1.90 bits per heavy atom. The molecule has 0 N–H and O–H groups in total. The molecule has 0 heterocycles. The lowest BCUT2D eigenvalue weighted by atomic mass is 10.2. The normalized spacial score (nSPS) is 10.9. The fraction of sp³-hybridized carbons (Fsp3) is 0.571. The molecule has 118 valence electrons. The molecule has 0 aliphatic heterocycles. The smallest absolute Gasteiger partial charge is 0.275 e. The number of hydrogen-bond acceptors (Lipinski definition) is 5. The van der Waals surface area contributed by atoms with Crippen molar-refractivity contribution in [3.05, 3.63) is 33.6 Å². The van der Waals surface area contributed by atoms with Crippen LogP contribution in [0.4, 0.5) is 10.1 Å². The predicted octanol–water partition coefficient (Wildman–Crippen LogP) is 3.21. The van der Waals surface area contributed by atoms with Gasteiger partial charge in [0, 0.05) is 25.2 Å². The molecule has 0 spiro atoms. The number of rotatable bonds is 9. The molecule has 1 rings (SSSR count). The molecule has 0 fully saturated rings. The zero-order valence-corrected chi connectivity index (χ0v) is 12.4. The van der Waals surface area contributed by atoms with Crippen molar-refractivity contribution in [1.82, 2.24) is 0 Å². The monoisotopic (exact) mass is 301 g/mol. The van der Waals surface area contributed by atoms with Gasteiger partial charge < -0.3 is 14.2 Å². The van der Waals surface area contributed by atoms with Gasteiger partial charge in [0.25, 0.3) is 5.69 Å². The van der Waals surface area contributed by atoms with E-state index in [0.717, 1.165) is 6.07 Å². The average molecular weight is 301 g/mol. The number of ether oxygens (including phenoxy) is 3. The second-order valence-corrected chi connectivity index (χ2v) is 4.30. The molecule has 0 aromatic heterocycles. The van der Waals surface area contributed by atoms with Gasteiger partial charge in [-0.1, -0.05) is 0 Å². The van der Waals surface area contributed by atoms with Crippen LogP contribution >= 0.6 is 0 Å². The van der Waals surface area contributed by atoms with Crippen molar-refractivity contribution in [3.8, 4) is 5.75 Å². The Morgan fingerprint density at radius 1 is 1.29 bits per heavy atom. The Kier molecular flexibility index (Phi) is 7.04. The van der Waals surface area contributed by atoms with Crippen molar-refractivity contribution in [1.29, 1.82) is 0 Å². The van der Waals surface area contributed by atoms with E-state index in [4.69, 9.17) is 14.2 Å². The van der Waals surface area contributed by atoms with E-state index in [9.17, 15) is 14.5 Å². The minimum atomic E-state index is -0.753. The zero-order chi connectivity index (χ0) is 15.8. The SMILES string of the molecule is CCOC(CCOc1cc(C)c([N+](=O)[O-])cc1F)OCC. The molecule has 0 amide bonds. The molecule has 0 saturated heterocycles. The number of nitrogens with zero attached hydrogens (tertiary/aromatic N) is 1. The van der Waals surface area contributed by atoms with Crippen LogP contribution in [0.15, 0.2) is 12.1 Å². The van der Waals surface area contributed by atoms with Crippen LogP contribution in [-0.2, 0) is 9.47 Å². The molecule has 21 heavy (non-hydrogen) atoms. The van der Waals surface area contributed by atoms with Crippen LogP contribution < -0.4 is 4.74 Å². The molecule has 0 radical (unpaired) electrons. The van der Waals surface area contributed by atoms with E-state index < -0.39 is 17.0 Å². The van der Waals surface area contributed by atoms with Gasteiger partial charge in [0.1, 0.15) is 0 Å². The molecular formula is C14H20FNO5. The van der Waals surface area contributed by atoms with Crippen LogP contribution in [0.3, 0.4) is 0 Å². The summed E-state index contributed by atoms with van der Waals surface area (Å²) in [6.07, 6.45) is 0.0409. The highest BCUT2D eigenvalue weighted by Crippen LogP contribution is 2.27. The predicted molar refractivity (Wildman–Crippen MR) is 74.9 cm³/mol. The number of hydrogen-bond donors (Lipinski definition) is 0. The number of halogens is 1. The number of aryl methyl sites for hydroxylation is 1. The van der Waals surface area contributed by atoms with Gasteiger partial charge in [0.15, 0.2) is 17.9 Å². The van der Waals surface area contributed by atoms with Crippen LogP contribution in [0, 0.1) is 22.9 Å². The second kappa shape index (κ2) is 8.53. The maximum Gasteiger partial charge on any atom is 0.275 e. The fourth-order valence-corrected chi connectivity index (χ4v) is 1.80. The summed E-state index contributed by atoms with van der Waals surface area (Å²) in [5.74, 6) is -0.762. The number of nitro groups is 1. The van der Waals surface area contributed by atoms with Gasteiger partial charge in [0.2, 0.25) is 0 Å². The Labute approximate surface area is 123 Å². The minimum absolute atomic E-state index is 0.00940. The van der Waals surface area contributed by atoms with Gasteiger partial charge in [-0.25, -0.2) is 4.39 Å². The van der Waals surface area contributed by atoms with Gasteiger partial charge in [-0.05, 0) is 26.8 Å². The zero-order valence-electron chi connectivity index (χ0n) is 12.4. The highest BCUT2D eigenvalue weighted by molar-refractivity contribution is 5.45. The third-order valence-electron chi connectivity index (χ3n) is 2.76. The molecule has 0 bridgehead atoms. The first-order valence-electron chi connectivity index (χ1n) is 6.80. The van der Waals surface area contributed by atoms with Crippen molar-refractivity contribution in [2.24, 2.45) is 0 Å². The van der Waals surface area contributed by atoms with Crippen LogP contribution in [0.2, 0.25) is 0 Å². The minimum Gasteiger partial charge on any atom is -0.490 e. The Bertz CT molecular complexity index is 475. The standard InChI is InChI=1S/C14H20FNO5/c1-4-19-14(20-5-2)6-7-21-13-8-10(3)12(16(17)18)9-11(13)15/h8-9,14H,4-7H2,1-3H3. The van der Waals surface area contributed by atoms with E-state index in [1.165, 1.54) is 13.0 Å². The van der Waals surface area contributed by atoms with E-state index in [1.54, 1.807) is 0 Å². The second-order valence-electron chi connectivity index (χ2n) is 4.30. The van der Waals surface area contributed by atoms with Gasteiger partial charge in [-0.15, -0.1) is 0 Å². The summed E-state index contributed by atoms with van der Waals surface area (Å²) >= 11 is 0. The maximum absolute atomic E-state index is 13.7. The molecular weight excluding hydrogens is 281 g/mol. The highest BCUT2D eigenvalue weighted by Gasteiger charge is 2.17. The molecule has 0 aliphatic carbocycles. The summed E-state index contributed by atoms with van der Waals surface area (Å²) in [7, 11) is 0. The molecule has 1 aromatic carbocycles. The van der Waals surface area contributed by atoms with Gasteiger partial charge in [0.05, 0.1) is 17.6 Å². The quantitative estimate of drug-likeness (QED) is 0.398. The molecule has 1 aromatic rings. The first-order valence-corrected chi connectivity index (χ1v) is 6.80. The first-order chi connectivity index (χ1) is 9.99. The lowest BCUT2D eigenvalue weighted by molar-refractivity contribution is -0.385. The maximum atomic E-state index is 13.7. The third kappa shape index (κ3) is 5.28. The highest BCUT2D eigenvalue weighted by atomic mass is 19.1. The summed E-state index contributed by atoms with van der Waals surface area (Å²) in [6.45, 7) is 6.45. The lowest BCUT2D eigenvalue weighted by Crippen LogP contribution is -2.20. The largest absolute Gasteiger partial charge is 0.490 e. The van der Waals surface area contributed by atoms with Gasteiger partial charge in [-0.3, -0.25) is 10.1 Å². The average Bonchev–Trinajstić information content (AvgIpc) is 2.42. The Morgan fingerprint density at radius 3 is 2.43 bits per heavy atom. The van der Waals surface area contributed by atoms with Crippen molar-refractivity contribution in [2.45, 2.75) is 33.5 Å². The van der Waals surface area contributed by atoms with E-state index in [1.807, 2.05) is 13.8 Å². The Balaban J connectivity index is 2.63. The lowest BCUT2D eigenvalue weighted by Gasteiger charge is -2.17. The van der Waals surface area contributed by atoms with E-state index >= 15 is 0 Å². The topological polar surface area (TPSA) is 70.8 Å². The molecule has 6 nitrogen and oxygen atoms in total. The van der Waals surface area contributed by atoms with Crippen LogP contribution in [0.1, 0.15) is 25.8 Å². The molecule has 0 aliphatic rings.